The number of rotatable bonds is 3. The lowest BCUT2D eigenvalue weighted by molar-refractivity contribution is -0.137. The zero-order valence-corrected chi connectivity index (χ0v) is 14.9. The van der Waals surface area contributed by atoms with Gasteiger partial charge in [-0.1, -0.05) is 0 Å². The lowest BCUT2D eigenvalue weighted by Crippen LogP contribution is -2.21. The van der Waals surface area contributed by atoms with Gasteiger partial charge in [-0.2, -0.15) is 13.2 Å². The SMILES string of the molecule is CCn1c(=S)[nH]c2cc(C(=O)Nc3ccc(C(F)(F)F)cc3)ccc2c1=O. The van der Waals surface area contributed by atoms with Crippen molar-refractivity contribution in [3.63, 3.8) is 0 Å². The van der Waals surface area contributed by atoms with Crippen molar-refractivity contribution in [1.29, 1.82) is 0 Å². The van der Waals surface area contributed by atoms with Crippen LogP contribution in [0.3, 0.4) is 0 Å². The fraction of sp³-hybridized carbons (Fsp3) is 0.167. The summed E-state index contributed by atoms with van der Waals surface area (Å²) in [6.45, 7) is 2.21. The molecule has 1 heterocycles. The molecule has 2 N–H and O–H groups in total. The number of nitrogens with zero attached hydrogens (tertiary/aromatic N) is 1. The van der Waals surface area contributed by atoms with Crippen molar-refractivity contribution < 1.29 is 18.0 Å². The summed E-state index contributed by atoms with van der Waals surface area (Å²) < 4.78 is 39.4. The lowest BCUT2D eigenvalue weighted by Gasteiger charge is -2.10. The third kappa shape index (κ3) is 3.77. The maximum absolute atomic E-state index is 12.6. The van der Waals surface area contributed by atoms with Crippen LogP contribution in [0.25, 0.3) is 10.9 Å². The van der Waals surface area contributed by atoms with Crippen LogP contribution in [-0.2, 0) is 12.7 Å². The molecule has 5 nitrogen and oxygen atoms in total. The van der Waals surface area contributed by atoms with E-state index in [0.717, 1.165) is 12.1 Å². The van der Waals surface area contributed by atoms with Gasteiger partial charge in [0.15, 0.2) is 4.77 Å². The highest BCUT2D eigenvalue weighted by Gasteiger charge is 2.30. The van der Waals surface area contributed by atoms with Gasteiger partial charge in [0.25, 0.3) is 11.5 Å². The van der Waals surface area contributed by atoms with Crippen molar-refractivity contribution in [2.75, 3.05) is 5.32 Å². The highest BCUT2D eigenvalue weighted by atomic mass is 32.1. The van der Waals surface area contributed by atoms with Crippen LogP contribution in [0.1, 0.15) is 22.8 Å². The normalized spacial score (nSPS) is 11.6. The number of benzene rings is 2. The Morgan fingerprint density at radius 2 is 1.85 bits per heavy atom. The first-order chi connectivity index (χ1) is 12.7. The molecule has 1 aromatic heterocycles. The average molecular weight is 393 g/mol. The van der Waals surface area contributed by atoms with Crippen LogP contribution in [-0.4, -0.2) is 15.5 Å². The molecule has 0 spiro atoms. The molecule has 2 aromatic carbocycles. The molecule has 0 bridgehead atoms. The summed E-state index contributed by atoms with van der Waals surface area (Å²) in [5.41, 5.74) is -0.184. The monoisotopic (exact) mass is 393 g/mol. The van der Waals surface area contributed by atoms with Gasteiger partial charge in [0.2, 0.25) is 0 Å². The van der Waals surface area contributed by atoms with E-state index in [1.165, 1.54) is 34.9 Å². The largest absolute Gasteiger partial charge is 0.416 e. The fourth-order valence-corrected chi connectivity index (χ4v) is 2.95. The van der Waals surface area contributed by atoms with Crippen LogP contribution in [0, 0.1) is 4.77 Å². The average Bonchev–Trinajstić information content (AvgIpc) is 2.61. The number of hydrogen-bond donors (Lipinski definition) is 2. The van der Waals surface area contributed by atoms with Crippen LogP contribution in [0.2, 0.25) is 0 Å². The second-order valence-corrected chi connectivity index (χ2v) is 6.16. The van der Waals surface area contributed by atoms with Crippen LogP contribution in [0.15, 0.2) is 47.3 Å². The van der Waals surface area contributed by atoms with E-state index in [1.807, 2.05) is 0 Å². The van der Waals surface area contributed by atoms with Gasteiger partial charge in [-0.15, -0.1) is 0 Å². The second-order valence-electron chi connectivity index (χ2n) is 5.77. The molecule has 0 aliphatic carbocycles. The van der Waals surface area contributed by atoms with Gasteiger partial charge >= 0.3 is 6.18 Å². The Kier molecular flexibility index (Phi) is 4.88. The standard InChI is InChI=1S/C18H14F3N3O2S/c1-2-24-16(26)13-8-3-10(9-14(13)23-17(24)27)15(25)22-12-6-4-11(5-7-12)18(19,20)21/h3-9H,2H2,1H3,(H,22,25)(H,23,27). The number of hydrogen-bond acceptors (Lipinski definition) is 3. The Balaban J connectivity index is 1.90. The van der Waals surface area contributed by atoms with E-state index in [4.69, 9.17) is 12.2 Å². The van der Waals surface area contributed by atoms with E-state index in [1.54, 1.807) is 6.92 Å². The molecule has 0 unspecified atom stereocenters. The molecule has 3 rings (SSSR count). The Bertz CT molecular complexity index is 1130. The highest BCUT2D eigenvalue weighted by molar-refractivity contribution is 7.71. The third-order valence-corrected chi connectivity index (χ3v) is 4.35. The zero-order valence-electron chi connectivity index (χ0n) is 14.1. The molecular weight excluding hydrogens is 379 g/mol. The van der Waals surface area contributed by atoms with Crippen molar-refractivity contribution in [1.82, 2.24) is 9.55 Å². The molecule has 0 atom stereocenters. The summed E-state index contributed by atoms with van der Waals surface area (Å²) >= 11 is 5.14. The summed E-state index contributed by atoms with van der Waals surface area (Å²) in [5, 5.41) is 2.91. The Labute approximate surface area is 156 Å². The Morgan fingerprint density at radius 1 is 1.19 bits per heavy atom. The van der Waals surface area contributed by atoms with E-state index in [-0.39, 0.29) is 21.6 Å². The van der Waals surface area contributed by atoms with E-state index >= 15 is 0 Å². The van der Waals surface area contributed by atoms with Gasteiger partial charge in [-0.3, -0.25) is 14.2 Å². The quantitative estimate of drug-likeness (QED) is 0.650. The van der Waals surface area contributed by atoms with Gasteiger partial charge in [0, 0.05) is 17.8 Å². The lowest BCUT2D eigenvalue weighted by atomic mass is 10.1. The number of aromatic nitrogens is 2. The summed E-state index contributed by atoms with van der Waals surface area (Å²) in [6, 6.07) is 8.59. The fourth-order valence-electron chi connectivity index (χ4n) is 2.63. The molecule has 9 heteroatoms. The van der Waals surface area contributed by atoms with E-state index in [0.29, 0.717) is 17.4 Å². The number of amides is 1. The maximum atomic E-state index is 12.6. The topological polar surface area (TPSA) is 66.9 Å². The van der Waals surface area contributed by atoms with Crippen molar-refractivity contribution >= 4 is 34.7 Å². The van der Waals surface area contributed by atoms with Crippen LogP contribution in [0.5, 0.6) is 0 Å². The molecule has 0 fully saturated rings. The number of carbonyl (C=O) groups excluding carboxylic acids is 1. The molecule has 0 saturated carbocycles. The molecule has 0 aliphatic heterocycles. The van der Waals surface area contributed by atoms with Gasteiger partial charge in [0.05, 0.1) is 16.5 Å². The van der Waals surface area contributed by atoms with Crippen LogP contribution >= 0.6 is 12.2 Å². The van der Waals surface area contributed by atoms with Crippen molar-refractivity contribution in [3.05, 3.63) is 68.7 Å². The van der Waals surface area contributed by atoms with Crippen molar-refractivity contribution in [3.8, 4) is 0 Å². The number of fused-ring (bicyclic) bond motifs is 1. The molecular formula is C18H14F3N3O2S. The molecule has 1 amide bonds. The summed E-state index contributed by atoms with van der Waals surface area (Å²) in [5.74, 6) is -0.518. The first-order valence-electron chi connectivity index (χ1n) is 7.96. The highest BCUT2D eigenvalue weighted by Crippen LogP contribution is 2.29. The number of anilines is 1. The summed E-state index contributed by atoms with van der Waals surface area (Å²) in [4.78, 5) is 27.6. The zero-order chi connectivity index (χ0) is 19.8. The number of alkyl halides is 3. The molecule has 0 radical (unpaired) electrons. The molecule has 27 heavy (non-hydrogen) atoms. The number of nitrogens with one attached hydrogen (secondary N) is 2. The summed E-state index contributed by atoms with van der Waals surface area (Å²) in [7, 11) is 0. The van der Waals surface area contributed by atoms with Crippen molar-refractivity contribution in [2.45, 2.75) is 19.6 Å². The molecule has 140 valence electrons. The van der Waals surface area contributed by atoms with E-state index in [9.17, 15) is 22.8 Å². The minimum Gasteiger partial charge on any atom is -0.332 e. The third-order valence-electron chi connectivity index (χ3n) is 4.03. The van der Waals surface area contributed by atoms with Gasteiger partial charge in [-0.25, -0.2) is 0 Å². The van der Waals surface area contributed by atoms with Gasteiger partial charge in [-0.05, 0) is 61.6 Å². The van der Waals surface area contributed by atoms with Gasteiger partial charge < -0.3 is 10.3 Å². The predicted octanol–water partition coefficient (Wildman–Crippen LogP) is 4.35. The first-order valence-corrected chi connectivity index (χ1v) is 8.37. The number of halogens is 3. The smallest absolute Gasteiger partial charge is 0.332 e. The van der Waals surface area contributed by atoms with Crippen LogP contribution in [0.4, 0.5) is 18.9 Å². The Morgan fingerprint density at radius 3 is 2.44 bits per heavy atom. The number of carbonyl (C=O) groups is 1. The minimum absolute atomic E-state index is 0.224. The molecule has 0 aliphatic rings. The predicted molar refractivity (Wildman–Crippen MR) is 98.5 cm³/mol. The first kappa shape index (κ1) is 18.8. The number of aromatic amines is 1. The van der Waals surface area contributed by atoms with Crippen LogP contribution < -0.4 is 10.9 Å². The van der Waals surface area contributed by atoms with E-state index in [2.05, 4.69) is 10.3 Å². The summed E-state index contributed by atoms with van der Waals surface area (Å²) in [6.07, 6.45) is -4.44. The second kappa shape index (κ2) is 6.99. The molecule has 0 saturated heterocycles. The van der Waals surface area contributed by atoms with E-state index < -0.39 is 17.6 Å². The van der Waals surface area contributed by atoms with Crippen molar-refractivity contribution in [2.24, 2.45) is 0 Å². The Hall–Kier alpha value is -2.94. The van der Waals surface area contributed by atoms with Gasteiger partial charge in [0.1, 0.15) is 0 Å². The maximum Gasteiger partial charge on any atom is 0.416 e. The minimum atomic E-state index is -4.44. The number of H-pyrrole nitrogens is 1. The molecule has 3 aromatic rings.